The minimum absolute atomic E-state index is 0.0673. The van der Waals surface area contributed by atoms with E-state index in [2.05, 4.69) is 42.5 Å². The molecule has 0 heterocycles. The molecule has 0 bridgehead atoms. The minimum Gasteiger partial charge on any atom is -0.290 e. The van der Waals surface area contributed by atoms with Crippen molar-refractivity contribution in [2.45, 2.75) is 0 Å². The lowest BCUT2D eigenvalue weighted by molar-refractivity contribution is -0.109. The van der Waals surface area contributed by atoms with Crippen LogP contribution < -0.4 is 10.4 Å². The molecule has 2 aliphatic rings. The summed E-state index contributed by atoms with van der Waals surface area (Å²) >= 11 is 0. The van der Waals surface area contributed by atoms with Crippen molar-refractivity contribution in [1.29, 1.82) is 0 Å². The number of fused-ring (bicyclic) bond motifs is 4. The monoisotopic (exact) mass is 230 g/mol. The molecule has 84 valence electrons. The summed E-state index contributed by atoms with van der Waals surface area (Å²) < 4.78 is 0. The summed E-state index contributed by atoms with van der Waals surface area (Å²) in [6.45, 7) is 0. The molecule has 0 N–H and O–H groups in total. The van der Waals surface area contributed by atoms with Gasteiger partial charge >= 0.3 is 0 Å². The van der Waals surface area contributed by atoms with E-state index in [-0.39, 0.29) is 5.78 Å². The lowest BCUT2D eigenvalue weighted by atomic mass is 9.99. The molecule has 0 saturated heterocycles. The van der Waals surface area contributed by atoms with Crippen molar-refractivity contribution in [3.63, 3.8) is 0 Å². The van der Waals surface area contributed by atoms with Gasteiger partial charge in [0.1, 0.15) is 0 Å². The zero-order chi connectivity index (χ0) is 12.1. The molecule has 0 aliphatic heterocycles. The molecule has 1 nitrogen and oxygen atoms in total. The summed E-state index contributed by atoms with van der Waals surface area (Å²) in [5.74, 6) is 0.0673. The number of allylic oxidation sites excluding steroid dienone is 1. The molecule has 0 radical (unpaired) electrons. The molecule has 0 atom stereocenters. The van der Waals surface area contributed by atoms with Gasteiger partial charge in [-0.25, -0.2) is 0 Å². The van der Waals surface area contributed by atoms with Crippen molar-refractivity contribution in [2.24, 2.45) is 0 Å². The van der Waals surface area contributed by atoms with Gasteiger partial charge in [0.15, 0.2) is 5.78 Å². The highest BCUT2D eigenvalue weighted by molar-refractivity contribution is 6.16. The molecular formula is C17H10O. The molecule has 0 aromatic heterocycles. The highest BCUT2D eigenvalue weighted by Crippen LogP contribution is 2.25. The Bertz CT molecular complexity index is 838. The van der Waals surface area contributed by atoms with Crippen molar-refractivity contribution in [3.05, 3.63) is 64.0 Å². The Labute approximate surface area is 104 Å². The largest absolute Gasteiger partial charge is 0.290 e. The molecule has 0 unspecified atom stereocenters. The molecule has 4 rings (SSSR count). The summed E-state index contributed by atoms with van der Waals surface area (Å²) in [4.78, 5) is 11.4. The third-order valence-corrected chi connectivity index (χ3v) is 3.54. The van der Waals surface area contributed by atoms with E-state index in [9.17, 15) is 4.79 Å². The van der Waals surface area contributed by atoms with Crippen molar-refractivity contribution >= 4 is 24.0 Å². The van der Waals surface area contributed by atoms with Gasteiger partial charge in [0, 0.05) is 0 Å². The smallest absolute Gasteiger partial charge is 0.179 e. The van der Waals surface area contributed by atoms with Gasteiger partial charge in [0.05, 0.1) is 0 Å². The third-order valence-electron chi connectivity index (χ3n) is 3.54. The van der Waals surface area contributed by atoms with E-state index in [0.717, 1.165) is 10.8 Å². The van der Waals surface area contributed by atoms with Gasteiger partial charge in [0.25, 0.3) is 0 Å². The van der Waals surface area contributed by atoms with Crippen LogP contribution in [0.5, 0.6) is 0 Å². The normalized spacial score (nSPS) is 14.3. The predicted molar refractivity (Wildman–Crippen MR) is 73.2 cm³/mol. The van der Waals surface area contributed by atoms with Crippen LogP contribution in [0.2, 0.25) is 0 Å². The first-order chi connectivity index (χ1) is 8.81. The van der Waals surface area contributed by atoms with Crippen LogP contribution in [0.1, 0.15) is 11.1 Å². The standard InChI is InChI=1S/C17H10O/c18-15-6-5-11-7-14-8-12-3-1-2-4-16(12)17(14)10-13(11)9-15/h1-10H. The van der Waals surface area contributed by atoms with Gasteiger partial charge in [-0.3, -0.25) is 4.79 Å². The van der Waals surface area contributed by atoms with Crippen LogP contribution in [0.15, 0.2) is 42.5 Å². The highest BCUT2D eigenvalue weighted by atomic mass is 16.1. The van der Waals surface area contributed by atoms with Crippen LogP contribution in [0.4, 0.5) is 0 Å². The van der Waals surface area contributed by atoms with Crippen LogP contribution >= 0.6 is 0 Å². The van der Waals surface area contributed by atoms with E-state index >= 15 is 0 Å². The zero-order valence-corrected chi connectivity index (χ0v) is 9.68. The van der Waals surface area contributed by atoms with Crippen molar-refractivity contribution in [1.82, 2.24) is 0 Å². The van der Waals surface area contributed by atoms with Gasteiger partial charge in [-0.2, -0.15) is 0 Å². The average molecular weight is 230 g/mol. The lowest BCUT2D eigenvalue weighted by Crippen LogP contribution is -2.17. The van der Waals surface area contributed by atoms with Crippen molar-refractivity contribution < 1.29 is 4.79 Å². The first-order valence-corrected chi connectivity index (χ1v) is 6.00. The van der Waals surface area contributed by atoms with Crippen LogP contribution in [-0.2, 0) is 4.79 Å². The van der Waals surface area contributed by atoms with Crippen molar-refractivity contribution in [2.75, 3.05) is 0 Å². The maximum atomic E-state index is 11.4. The van der Waals surface area contributed by atoms with Gasteiger partial charge in [0.2, 0.25) is 0 Å². The third kappa shape index (κ3) is 1.25. The molecule has 0 saturated carbocycles. The highest BCUT2D eigenvalue weighted by Gasteiger charge is 2.13. The fraction of sp³-hybridized carbons (Fsp3) is 0. The molecule has 0 spiro atoms. The molecule has 2 aliphatic carbocycles. The molecule has 1 heteroatoms. The number of ketones is 1. The summed E-state index contributed by atoms with van der Waals surface area (Å²) in [5.41, 5.74) is 4.86. The molecule has 2 aromatic rings. The fourth-order valence-electron chi connectivity index (χ4n) is 2.68. The maximum absolute atomic E-state index is 11.4. The first kappa shape index (κ1) is 9.60. The topological polar surface area (TPSA) is 17.1 Å². The Kier molecular flexibility index (Phi) is 1.76. The second-order valence-electron chi connectivity index (χ2n) is 4.68. The summed E-state index contributed by atoms with van der Waals surface area (Å²) in [6, 6.07) is 12.6. The van der Waals surface area contributed by atoms with E-state index in [1.165, 1.54) is 21.9 Å². The fourth-order valence-corrected chi connectivity index (χ4v) is 2.68. The number of hydrogen-bond donors (Lipinski definition) is 0. The lowest BCUT2D eigenvalue weighted by Gasteiger charge is -2.05. The molecule has 0 fully saturated rings. The van der Waals surface area contributed by atoms with Gasteiger partial charge in [-0.15, -0.1) is 0 Å². The Morgan fingerprint density at radius 2 is 1.61 bits per heavy atom. The number of benzene rings is 2. The molecule has 0 amide bonds. The van der Waals surface area contributed by atoms with E-state index < -0.39 is 0 Å². The van der Waals surface area contributed by atoms with Crippen LogP contribution in [-0.4, -0.2) is 5.78 Å². The Morgan fingerprint density at radius 1 is 0.722 bits per heavy atom. The maximum Gasteiger partial charge on any atom is 0.179 e. The second kappa shape index (κ2) is 3.30. The van der Waals surface area contributed by atoms with Gasteiger partial charge < -0.3 is 0 Å². The Balaban J connectivity index is 2.10. The van der Waals surface area contributed by atoms with Crippen molar-refractivity contribution in [3.8, 4) is 11.1 Å². The van der Waals surface area contributed by atoms with Crippen LogP contribution in [0.25, 0.3) is 29.4 Å². The Morgan fingerprint density at radius 3 is 2.56 bits per heavy atom. The van der Waals surface area contributed by atoms with E-state index in [1.807, 2.05) is 6.08 Å². The van der Waals surface area contributed by atoms with E-state index in [1.54, 1.807) is 12.2 Å². The van der Waals surface area contributed by atoms with Gasteiger partial charge in [-0.05, 0) is 63.1 Å². The van der Waals surface area contributed by atoms with E-state index in [0.29, 0.717) is 0 Å². The summed E-state index contributed by atoms with van der Waals surface area (Å²) in [5, 5.41) is 2.26. The summed E-state index contributed by atoms with van der Waals surface area (Å²) in [7, 11) is 0. The summed E-state index contributed by atoms with van der Waals surface area (Å²) in [6.07, 6.45) is 7.43. The Hall–Kier alpha value is -2.41. The minimum atomic E-state index is 0.0673. The quantitative estimate of drug-likeness (QED) is 0.576. The number of carbonyl (C=O) groups is 1. The average Bonchev–Trinajstić information content (AvgIpc) is 2.74. The SMILES string of the molecule is O=C1C=Cc2cc3c(cc2=C1)-c1ccccc1C=3. The van der Waals surface area contributed by atoms with Crippen LogP contribution in [0.3, 0.4) is 0 Å². The second-order valence-corrected chi connectivity index (χ2v) is 4.68. The molecule has 2 aromatic carbocycles. The number of hydrogen-bond acceptors (Lipinski definition) is 1. The molecule has 18 heavy (non-hydrogen) atoms. The zero-order valence-electron chi connectivity index (χ0n) is 9.68. The van der Waals surface area contributed by atoms with Crippen LogP contribution in [0, 0.1) is 0 Å². The predicted octanol–water partition coefficient (Wildman–Crippen LogP) is 1.87. The molecular weight excluding hydrogens is 220 g/mol. The first-order valence-electron chi connectivity index (χ1n) is 6.00. The van der Waals surface area contributed by atoms with Gasteiger partial charge in [-0.1, -0.05) is 30.3 Å². The van der Waals surface area contributed by atoms with E-state index in [4.69, 9.17) is 0 Å². The number of rotatable bonds is 0. The number of carbonyl (C=O) groups excluding carboxylic acids is 1.